The number of aryl methyl sites for hydroxylation is 1. The third-order valence-corrected chi connectivity index (χ3v) is 4.79. The van der Waals surface area contributed by atoms with E-state index in [1.807, 2.05) is 41.0 Å². The average Bonchev–Trinajstić information content (AvgIpc) is 3.05. The summed E-state index contributed by atoms with van der Waals surface area (Å²) in [5, 5.41) is 9.62. The van der Waals surface area contributed by atoms with Gasteiger partial charge in [0.15, 0.2) is 0 Å². The van der Waals surface area contributed by atoms with E-state index in [2.05, 4.69) is 37.5 Å². The topological polar surface area (TPSA) is 61.6 Å². The van der Waals surface area contributed by atoms with Gasteiger partial charge in [-0.1, -0.05) is 57.2 Å². The molecule has 2 heterocycles. The highest BCUT2D eigenvalue weighted by atomic mass is 16.1. The van der Waals surface area contributed by atoms with Crippen molar-refractivity contribution in [1.29, 1.82) is 5.26 Å². The highest BCUT2D eigenvalue weighted by molar-refractivity contribution is 5.75. The molecule has 0 radical (unpaired) electrons. The minimum Gasteiger partial charge on any atom is -0.321 e. The van der Waals surface area contributed by atoms with Crippen LogP contribution < -0.4 is 5.56 Å². The third-order valence-electron chi connectivity index (χ3n) is 4.79. The molecular formula is C23H23N3O. The summed E-state index contributed by atoms with van der Waals surface area (Å²) in [5.74, 6) is 0. The van der Waals surface area contributed by atoms with Crippen molar-refractivity contribution in [3.8, 4) is 28.6 Å². The molecule has 3 aromatic rings. The van der Waals surface area contributed by atoms with Crippen LogP contribution in [0.25, 0.3) is 28.7 Å². The van der Waals surface area contributed by atoms with Gasteiger partial charge in [-0.15, -0.1) is 0 Å². The summed E-state index contributed by atoms with van der Waals surface area (Å²) in [7, 11) is 0. The van der Waals surface area contributed by atoms with Gasteiger partial charge >= 0.3 is 0 Å². The lowest BCUT2D eigenvalue weighted by molar-refractivity contribution is 0.844. The number of benzene rings is 1. The molecule has 0 fully saturated rings. The molecule has 0 unspecified atom stereocenters. The van der Waals surface area contributed by atoms with E-state index in [1.54, 1.807) is 6.20 Å². The summed E-state index contributed by atoms with van der Waals surface area (Å²) in [5.41, 5.74) is 5.24. The van der Waals surface area contributed by atoms with Crippen molar-refractivity contribution in [2.45, 2.75) is 33.1 Å². The largest absolute Gasteiger partial charge is 0.321 e. The molecule has 2 aromatic heterocycles. The summed E-state index contributed by atoms with van der Waals surface area (Å²) in [6, 6.07) is 15.7. The second kappa shape index (κ2) is 7.92. The molecule has 0 amide bonds. The molecule has 1 aromatic carbocycles. The lowest BCUT2D eigenvalue weighted by Gasteiger charge is -2.11. The Morgan fingerprint density at radius 1 is 1.22 bits per heavy atom. The molecule has 0 bridgehead atoms. The highest BCUT2D eigenvalue weighted by Crippen LogP contribution is 2.31. The molecule has 4 heteroatoms. The number of nitriles is 1. The molecular weight excluding hydrogens is 334 g/mol. The number of nitrogens with one attached hydrogen (secondary N) is 1. The Labute approximate surface area is 159 Å². The molecule has 0 atom stereocenters. The van der Waals surface area contributed by atoms with Crippen LogP contribution in [0.15, 0.2) is 53.8 Å². The van der Waals surface area contributed by atoms with Gasteiger partial charge in [-0.2, -0.15) is 5.26 Å². The van der Waals surface area contributed by atoms with Gasteiger partial charge in [0.25, 0.3) is 5.56 Å². The SMILES string of the molecule is C=Cn1c(-c2cc(-c3ccccc3)[nH]c(=O)c2C#N)cc(CC)c1CCC. The Balaban J connectivity index is 2.31. The van der Waals surface area contributed by atoms with Gasteiger partial charge < -0.3 is 9.55 Å². The Morgan fingerprint density at radius 2 is 1.96 bits per heavy atom. The molecule has 0 aliphatic heterocycles. The Bertz CT molecular complexity index is 1070. The smallest absolute Gasteiger partial charge is 0.267 e. The van der Waals surface area contributed by atoms with Gasteiger partial charge in [-0.05, 0) is 36.1 Å². The van der Waals surface area contributed by atoms with Crippen LogP contribution in [0.1, 0.15) is 37.1 Å². The third kappa shape index (κ3) is 3.37. The molecule has 27 heavy (non-hydrogen) atoms. The van der Waals surface area contributed by atoms with Crippen LogP contribution >= 0.6 is 0 Å². The van der Waals surface area contributed by atoms with E-state index in [0.29, 0.717) is 11.3 Å². The van der Waals surface area contributed by atoms with Gasteiger partial charge in [-0.3, -0.25) is 4.79 Å². The predicted molar refractivity (Wildman–Crippen MR) is 110 cm³/mol. The lowest BCUT2D eigenvalue weighted by Crippen LogP contribution is -2.13. The number of hydrogen-bond acceptors (Lipinski definition) is 2. The summed E-state index contributed by atoms with van der Waals surface area (Å²) >= 11 is 0. The lowest BCUT2D eigenvalue weighted by atomic mass is 10.0. The van der Waals surface area contributed by atoms with Crippen molar-refractivity contribution in [3.63, 3.8) is 0 Å². The normalized spacial score (nSPS) is 10.6. The van der Waals surface area contributed by atoms with E-state index < -0.39 is 0 Å². The van der Waals surface area contributed by atoms with Crippen molar-refractivity contribution < 1.29 is 0 Å². The maximum absolute atomic E-state index is 12.6. The maximum atomic E-state index is 12.6. The molecule has 136 valence electrons. The fraction of sp³-hybridized carbons (Fsp3) is 0.217. The van der Waals surface area contributed by atoms with Crippen LogP contribution in [0, 0.1) is 11.3 Å². The first-order chi connectivity index (χ1) is 13.1. The van der Waals surface area contributed by atoms with Gasteiger partial charge in [-0.25, -0.2) is 0 Å². The van der Waals surface area contributed by atoms with Gasteiger partial charge in [0.2, 0.25) is 0 Å². The maximum Gasteiger partial charge on any atom is 0.267 e. The van der Waals surface area contributed by atoms with Crippen LogP contribution in [0.2, 0.25) is 0 Å². The van der Waals surface area contributed by atoms with Gasteiger partial charge in [0, 0.05) is 23.2 Å². The quantitative estimate of drug-likeness (QED) is 0.675. The monoisotopic (exact) mass is 357 g/mol. The second-order valence-corrected chi connectivity index (χ2v) is 6.44. The number of aromatic nitrogens is 2. The molecule has 0 aliphatic carbocycles. The summed E-state index contributed by atoms with van der Waals surface area (Å²) in [6.45, 7) is 8.22. The first kappa shape index (κ1) is 18.5. The van der Waals surface area contributed by atoms with E-state index in [9.17, 15) is 10.1 Å². The van der Waals surface area contributed by atoms with Gasteiger partial charge in [0.05, 0.1) is 5.69 Å². The Hall–Kier alpha value is -3.32. The van der Waals surface area contributed by atoms with E-state index in [-0.39, 0.29) is 11.1 Å². The van der Waals surface area contributed by atoms with Crippen molar-refractivity contribution in [2.24, 2.45) is 0 Å². The molecule has 0 spiro atoms. The van der Waals surface area contributed by atoms with E-state index in [4.69, 9.17) is 0 Å². The first-order valence-electron chi connectivity index (χ1n) is 9.23. The predicted octanol–water partition coefficient (Wildman–Crippen LogP) is 5.00. The number of pyridine rings is 1. The number of hydrogen-bond donors (Lipinski definition) is 1. The second-order valence-electron chi connectivity index (χ2n) is 6.44. The molecule has 4 nitrogen and oxygen atoms in total. The summed E-state index contributed by atoms with van der Waals surface area (Å²) in [6.07, 6.45) is 4.59. The number of nitrogens with zero attached hydrogens (tertiary/aromatic N) is 2. The fourth-order valence-electron chi connectivity index (χ4n) is 3.50. The van der Waals surface area contributed by atoms with Crippen LogP contribution in [0.3, 0.4) is 0 Å². The van der Waals surface area contributed by atoms with Crippen molar-refractivity contribution in [3.05, 3.63) is 76.2 Å². The minimum atomic E-state index is -0.374. The summed E-state index contributed by atoms with van der Waals surface area (Å²) in [4.78, 5) is 15.5. The van der Waals surface area contributed by atoms with E-state index >= 15 is 0 Å². The average molecular weight is 357 g/mol. The zero-order valence-corrected chi connectivity index (χ0v) is 15.7. The van der Waals surface area contributed by atoms with E-state index in [0.717, 1.165) is 30.5 Å². The van der Waals surface area contributed by atoms with Crippen LogP contribution in [-0.2, 0) is 12.8 Å². The Kier molecular flexibility index (Phi) is 5.42. The van der Waals surface area contributed by atoms with Crippen molar-refractivity contribution in [2.75, 3.05) is 0 Å². The molecule has 1 N–H and O–H groups in total. The molecule has 3 rings (SSSR count). The molecule has 0 saturated heterocycles. The molecule has 0 saturated carbocycles. The number of aromatic amines is 1. The zero-order valence-electron chi connectivity index (χ0n) is 15.7. The zero-order chi connectivity index (χ0) is 19.4. The summed E-state index contributed by atoms with van der Waals surface area (Å²) < 4.78 is 2.02. The minimum absolute atomic E-state index is 0.126. The standard InChI is InChI=1S/C23H23N3O/c1-4-10-21-16(5-2)13-22(26(21)6-3)18-14-20(17-11-8-7-9-12-17)25-23(27)19(18)15-24/h6-9,11-14H,3-5,10H2,1-2H3,(H,25,27). The van der Waals surface area contributed by atoms with Crippen LogP contribution in [0.4, 0.5) is 0 Å². The van der Waals surface area contributed by atoms with Crippen molar-refractivity contribution >= 4 is 6.20 Å². The van der Waals surface area contributed by atoms with Crippen molar-refractivity contribution in [1.82, 2.24) is 9.55 Å². The van der Waals surface area contributed by atoms with E-state index in [1.165, 1.54) is 11.3 Å². The Morgan fingerprint density at radius 3 is 2.56 bits per heavy atom. The first-order valence-corrected chi connectivity index (χ1v) is 9.23. The number of rotatable bonds is 6. The van der Waals surface area contributed by atoms with Crippen LogP contribution in [-0.4, -0.2) is 9.55 Å². The molecule has 0 aliphatic rings. The highest BCUT2D eigenvalue weighted by Gasteiger charge is 2.19. The fourth-order valence-corrected chi connectivity index (χ4v) is 3.50. The van der Waals surface area contributed by atoms with Crippen LogP contribution in [0.5, 0.6) is 0 Å². The number of H-pyrrole nitrogens is 1. The van der Waals surface area contributed by atoms with Gasteiger partial charge in [0.1, 0.15) is 11.6 Å².